The zero-order chi connectivity index (χ0) is 19.6. The summed E-state index contributed by atoms with van der Waals surface area (Å²) in [6, 6.07) is 28.6. The van der Waals surface area contributed by atoms with Crippen LogP contribution in [0.4, 0.5) is 0 Å². The molecule has 0 unspecified atom stereocenters. The standard InChI is InChI=1S/C25H24N2O/c1-18-13-15-20(16-14-18)19(2)26-27-24(28)23-17-25(23,21-9-5-3-6-10-21)22-11-7-4-8-12-22/h3-16,23,26H,2,17H2,1H3,(H,27,28)/t23-/m0/s1. The van der Waals surface area contributed by atoms with Gasteiger partial charge in [0.1, 0.15) is 0 Å². The van der Waals surface area contributed by atoms with Crippen molar-refractivity contribution in [1.82, 2.24) is 10.9 Å². The van der Waals surface area contributed by atoms with Crippen molar-refractivity contribution < 1.29 is 4.79 Å². The van der Waals surface area contributed by atoms with Gasteiger partial charge in [-0.05, 0) is 30.0 Å². The molecule has 0 aromatic heterocycles. The number of rotatable bonds is 6. The molecule has 140 valence electrons. The van der Waals surface area contributed by atoms with Crippen LogP contribution in [0.2, 0.25) is 0 Å². The molecule has 3 nitrogen and oxygen atoms in total. The molecule has 1 saturated carbocycles. The van der Waals surface area contributed by atoms with Crippen molar-refractivity contribution in [2.75, 3.05) is 0 Å². The van der Waals surface area contributed by atoms with E-state index in [4.69, 9.17) is 0 Å². The second-order valence-corrected chi connectivity index (χ2v) is 7.42. The Morgan fingerprint density at radius 2 is 1.39 bits per heavy atom. The van der Waals surface area contributed by atoms with Gasteiger partial charge in [-0.2, -0.15) is 0 Å². The van der Waals surface area contributed by atoms with Crippen molar-refractivity contribution in [3.8, 4) is 0 Å². The van der Waals surface area contributed by atoms with Crippen LogP contribution >= 0.6 is 0 Å². The van der Waals surface area contributed by atoms with E-state index in [2.05, 4.69) is 41.7 Å². The summed E-state index contributed by atoms with van der Waals surface area (Å²) in [4.78, 5) is 12.9. The third kappa shape index (κ3) is 3.31. The van der Waals surface area contributed by atoms with E-state index in [1.807, 2.05) is 67.6 Å². The summed E-state index contributed by atoms with van der Waals surface area (Å²) >= 11 is 0. The molecule has 0 bridgehead atoms. The minimum atomic E-state index is -0.264. The first-order valence-electron chi connectivity index (χ1n) is 9.54. The van der Waals surface area contributed by atoms with E-state index < -0.39 is 0 Å². The van der Waals surface area contributed by atoms with Gasteiger partial charge >= 0.3 is 0 Å². The Kier molecular flexibility index (Phi) is 4.74. The maximum atomic E-state index is 12.9. The molecule has 28 heavy (non-hydrogen) atoms. The first-order chi connectivity index (χ1) is 13.6. The van der Waals surface area contributed by atoms with Gasteiger partial charge in [-0.3, -0.25) is 15.6 Å². The summed E-state index contributed by atoms with van der Waals surface area (Å²) in [5.74, 6) is -0.128. The molecule has 4 rings (SSSR count). The van der Waals surface area contributed by atoms with Crippen LogP contribution in [0.3, 0.4) is 0 Å². The van der Waals surface area contributed by atoms with Gasteiger partial charge in [0, 0.05) is 5.41 Å². The molecular formula is C25H24N2O. The van der Waals surface area contributed by atoms with E-state index in [-0.39, 0.29) is 17.2 Å². The maximum absolute atomic E-state index is 12.9. The molecule has 1 fully saturated rings. The van der Waals surface area contributed by atoms with Gasteiger partial charge < -0.3 is 0 Å². The SMILES string of the molecule is C=C(NNC(=O)[C@@H]1CC1(c1ccccc1)c1ccccc1)c1ccc(C)cc1. The van der Waals surface area contributed by atoms with Crippen molar-refractivity contribution in [2.45, 2.75) is 18.8 Å². The van der Waals surface area contributed by atoms with Gasteiger partial charge in [-0.25, -0.2) is 0 Å². The highest BCUT2D eigenvalue weighted by Gasteiger charge is 2.60. The van der Waals surface area contributed by atoms with E-state index in [0.29, 0.717) is 5.70 Å². The molecule has 1 aliphatic rings. The van der Waals surface area contributed by atoms with Crippen molar-refractivity contribution in [2.24, 2.45) is 5.92 Å². The molecule has 3 aromatic rings. The fourth-order valence-electron chi connectivity index (χ4n) is 3.91. The minimum absolute atomic E-state index is 0.0130. The average molecular weight is 368 g/mol. The molecule has 1 aliphatic carbocycles. The van der Waals surface area contributed by atoms with Gasteiger partial charge in [0.15, 0.2) is 0 Å². The summed E-state index contributed by atoms with van der Waals surface area (Å²) in [6.45, 7) is 6.08. The molecule has 0 aliphatic heterocycles. The van der Waals surface area contributed by atoms with Crippen LogP contribution in [0.15, 0.2) is 91.5 Å². The van der Waals surface area contributed by atoms with Crippen LogP contribution in [-0.4, -0.2) is 5.91 Å². The van der Waals surface area contributed by atoms with Crippen LogP contribution in [0, 0.1) is 12.8 Å². The van der Waals surface area contributed by atoms with E-state index >= 15 is 0 Å². The summed E-state index contributed by atoms with van der Waals surface area (Å²) < 4.78 is 0. The van der Waals surface area contributed by atoms with Crippen LogP contribution in [-0.2, 0) is 10.2 Å². The zero-order valence-electron chi connectivity index (χ0n) is 16.0. The number of hydrogen-bond acceptors (Lipinski definition) is 2. The minimum Gasteiger partial charge on any atom is -0.299 e. The van der Waals surface area contributed by atoms with Crippen LogP contribution in [0.25, 0.3) is 5.70 Å². The Morgan fingerprint density at radius 3 is 1.93 bits per heavy atom. The van der Waals surface area contributed by atoms with Crippen molar-refractivity contribution >= 4 is 11.6 Å². The van der Waals surface area contributed by atoms with E-state index in [9.17, 15) is 4.79 Å². The molecule has 3 heteroatoms. The summed E-state index contributed by atoms with van der Waals surface area (Å²) in [5.41, 5.74) is 10.8. The highest BCUT2D eigenvalue weighted by atomic mass is 16.2. The molecule has 0 saturated heterocycles. The average Bonchev–Trinajstić information content (AvgIpc) is 3.51. The number of aryl methyl sites for hydroxylation is 1. The van der Waals surface area contributed by atoms with E-state index in [0.717, 1.165) is 12.0 Å². The highest BCUT2D eigenvalue weighted by Crippen LogP contribution is 2.58. The number of hydrogen-bond donors (Lipinski definition) is 2. The second-order valence-electron chi connectivity index (χ2n) is 7.42. The second kappa shape index (κ2) is 7.35. The molecule has 1 atom stereocenters. The number of hydrazine groups is 1. The van der Waals surface area contributed by atoms with Crippen LogP contribution in [0.5, 0.6) is 0 Å². The Labute approximate surface area is 166 Å². The Balaban J connectivity index is 1.50. The molecule has 3 aromatic carbocycles. The Hall–Kier alpha value is -3.33. The maximum Gasteiger partial charge on any atom is 0.242 e. The Morgan fingerprint density at radius 1 is 0.857 bits per heavy atom. The summed E-state index contributed by atoms with van der Waals surface area (Å²) in [7, 11) is 0. The summed E-state index contributed by atoms with van der Waals surface area (Å²) in [6.07, 6.45) is 0.797. The molecular weight excluding hydrogens is 344 g/mol. The quantitative estimate of drug-likeness (QED) is 0.625. The van der Waals surface area contributed by atoms with Gasteiger partial charge in [-0.1, -0.05) is 97.1 Å². The highest BCUT2D eigenvalue weighted by molar-refractivity contribution is 5.86. The van der Waals surface area contributed by atoms with Crippen LogP contribution < -0.4 is 10.9 Å². The third-order valence-corrected chi connectivity index (χ3v) is 5.59. The number of nitrogens with one attached hydrogen (secondary N) is 2. The lowest BCUT2D eigenvalue weighted by Crippen LogP contribution is -2.38. The largest absolute Gasteiger partial charge is 0.299 e. The van der Waals surface area contributed by atoms with Crippen LogP contribution in [0.1, 0.15) is 28.7 Å². The topological polar surface area (TPSA) is 41.1 Å². The number of carbonyl (C=O) groups excluding carboxylic acids is 1. The smallest absolute Gasteiger partial charge is 0.242 e. The Bertz CT molecular complexity index is 939. The predicted octanol–water partition coefficient (Wildman–Crippen LogP) is 4.59. The van der Waals surface area contributed by atoms with Crippen molar-refractivity contribution in [3.63, 3.8) is 0 Å². The van der Waals surface area contributed by atoms with E-state index in [1.165, 1.54) is 16.7 Å². The first kappa shape index (κ1) is 18.1. The lowest BCUT2D eigenvalue weighted by molar-refractivity contribution is -0.123. The molecule has 1 amide bonds. The fraction of sp³-hybridized carbons (Fsp3) is 0.160. The number of amides is 1. The van der Waals surface area contributed by atoms with Gasteiger partial charge in [-0.15, -0.1) is 0 Å². The summed E-state index contributed by atoms with van der Waals surface area (Å²) in [5, 5.41) is 0. The first-order valence-corrected chi connectivity index (χ1v) is 9.54. The predicted molar refractivity (Wildman–Crippen MR) is 113 cm³/mol. The number of carbonyl (C=O) groups is 1. The van der Waals surface area contributed by atoms with E-state index in [1.54, 1.807) is 0 Å². The van der Waals surface area contributed by atoms with Gasteiger partial charge in [0.2, 0.25) is 5.91 Å². The van der Waals surface area contributed by atoms with Gasteiger partial charge in [0.25, 0.3) is 0 Å². The van der Waals surface area contributed by atoms with Crippen molar-refractivity contribution in [3.05, 3.63) is 114 Å². The molecule has 0 spiro atoms. The fourth-order valence-corrected chi connectivity index (χ4v) is 3.91. The van der Waals surface area contributed by atoms with Crippen molar-refractivity contribution in [1.29, 1.82) is 0 Å². The lowest BCUT2D eigenvalue weighted by atomic mass is 9.85. The zero-order valence-corrected chi connectivity index (χ0v) is 16.0. The normalized spacial score (nSPS) is 16.8. The third-order valence-electron chi connectivity index (χ3n) is 5.59. The molecule has 0 radical (unpaired) electrons. The monoisotopic (exact) mass is 368 g/mol. The lowest BCUT2D eigenvalue weighted by Gasteiger charge is -2.19. The molecule has 2 N–H and O–H groups in total. The molecule has 0 heterocycles. The van der Waals surface area contributed by atoms with Gasteiger partial charge in [0.05, 0.1) is 11.6 Å². The number of benzene rings is 3.